The third-order valence-electron chi connectivity index (χ3n) is 1.81. The zero-order chi connectivity index (χ0) is 24.7. The number of para-hydroxylation sites is 1. The van der Waals surface area contributed by atoms with Gasteiger partial charge in [0.1, 0.15) is 11.3 Å². The summed E-state index contributed by atoms with van der Waals surface area (Å²) >= 11 is 0. The van der Waals surface area contributed by atoms with Crippen LogP contribution in [0.3, 0.4) is 0 Å². The Morgan fingerprint density at radius 1 is 0.839 bits per heavy atom. The van der Waals surface area contributed by atoms with Gasteiger partial charge in [0.25, 0.3) is 0 Å². The summed E-state index contributed by atoms with van der Waals surface area (Å²) in [5.74, 6) is 4.35. The number of ether oxygens (including phenoxy) is 2. The third-order valence-corrected chi connectivity index (χ3v) is 1.81. The zero-order valence-electron chi connectivity index (χ0n) is 15.8. The van der Waals surface area contributed by atoms with Crippen molar-refractivity contribution in [3.05, 3.63) is 69.7 Å². The maximum absolute atomic E-state index is 11.6. The van der Waals surface area contributed by atoms with Gasteiger partial charge in [0, 0.05) is 6.92 Å². The number of carbonyl (C=O) groups is 2. The number of hydrogen-bond donors (Lipinski definition) is 0. The van der Waals surface area contributed by atoms with Gasteiger partial charge >= 0.3 is 113 Å². The van der Waals surface area contributed by atoms with Crippen LogP contribution in [0.4, 0.5) is 0 Å². The molecule has 0 aliphatic rings. The van der Waals surface area contributed by atoms with E-state index in [0.717, 1.165) is 0 Å². The van der Waals surface area contributed by atoms with Gasteiger partial charge in [-0.3, -0.25) is 4.79 Å². The Hall–Kier alpha value is -2.83. The van der Waals surface area contributed by atoms with E-state index in [0.29, 0.717) is 0 Å². The Balaban J connectivity index is -0.0000000545. The molecule has 0 N–H and O–H groups in total. The van der Waals surface area contributed by atoms with E-state index in [-0.39, 0.29) is 51.5 Å². The largest absolute Gasteiger partial charge is 3.00 e. The van der Waals surface area contributed by atoms with Crippen LogP contribution in [0.25, 0.3) is 0 Å². The van der Waals surface area contributed by atoms with Gasteiger partial charge in [-0.05, 0) is 19.1 Å². The molecular weight excluding hydrogens is 506 g/mol. The molecule has 0 unspecified atom stereocenters. The Morgan fingerprint density at radius 2 is 1.23 bits per heavy atom. The van der Waals surface area contributed by atoms with Crippen molar-refractivity contribution < 1.29 is 80.5 Å². The van der Waals surface area contributed by atoms with E-state index in [2.05, 4.69) is 51.7 Å². The predicted octanol–water partition coefficient (Wildman–Crippen LogP) is 1.56. The number of rotatable bonds is 3. The first-order valence-corrected chi connectivity index (χ1v) is 6.21. The van der Waals surface area contributed by atoms with Crippen molar-refractivity contribution in [1.29, 1.82) is 0 Å². The maximum Gasteiger partial charge on any atom is 3.00 e. The smallest absolute Gasteiger partial charge is 3.00 e. The number of hydrogen-bond acceptors (Lipinski definition) is 4. The Morgan fingerprint density at radius 3 is 1.58 bits per heavy atom. The van der Waals surface area contributed by atoms with Gasteiger partial charge < -0.3 is 9.47 Å². The van der Waals surface area contributed by atoms with E-state index in [1.807, 2.05) is 0 Å². The third kappa shape index (κ3) is 38.4. The van der Waals surface area contributed by atoms with Gasteiger partial charge in [-0.1, -0.05) is 18.1 Å². The molecule has 10 nitrogen and oxygen atoms in total. The molecule has 0 amide bonds. The van der Waals surface area contributed by atoms with Crippen molar-refractivity contribution in [1.82, 2.24) is 0 Å². The molecule has 1 aromatic carbocycles. The fraction of sp³-hybridized carbons (Fsp3) is 0.158. The van der Waals surface area contributed by atoms with Crippen molar-refractivity contribution in [3.8, 4) is 17.6 Å². The van der Waals surface area contributed by atoms with Gasteiger partial charge in [0.2, 0.25) is 0 Å². The van der Waals surface area contributed by atoms with E-state index in [9.17, 15) is 9.59 Å². The van der Waals surface area contributed by atoms with Crippen LogP contribution in [0.15, 0.2) is 24.3 Å². The van der Waals surface area contributed by atoms with Crippen LogP contribution < -0.4 is 4.74 Å². The molecule has 12 heteroatoms. The molecule has 0 heterocycles. The molecule has 0 fully saturated rings. The molecule has 0 aromatic heterocycles. The van der Waals surface area contributed by atoms with Crippen molar-refractivity contribution in [2.24, 2.45) is 0 Å². The zero-order valence-corrected chi connectivity index (χ0v) is 17.8. The summed E-state index contributed by atoms with van der Waals surface area (Å²) in [6, 6.07) is 6.39. The minimum Gasteiger partial charge on any atom is 3.00 e. The van der Waals surface area contributed by atoms with Crippen LogP contribution in [0.2, 0.25) is 0 Å². The van der Waals surface area contributed by atoms with E-state index >= 15 is 0 Å². The number of carbonyl (C=O) groups excluding carboxylic acids is 2. The fourth-order valence-electron chi connectivity index (χ4n) is 1.13. The average molecular weight is 518 g/mol. The number of esters is 2. The average Bonchev–Trinajstić information content (AvgIpc) is 2.82. The first-order chi connectivity index (χ1) is 14.1. The minimum absolute atomic E-state index is 0. The second-order valence-corrected chi connectivity index (χ2v) is 3.09. The summed E-state index contributed by atoms with van der Waals surface area (Å²) in [7, 11) is 0. The molecule has 0 aliphatic carbocycles. The summed E-state index contributed by atoms with van der Waals surface area (Å²) in [6.07, 6.45) is 0. The molecule has 0 saturated carbocycles. The molecule has 31 heavy (non-hydrogen) atoms. The van der Waals surface area contributed by atoms with Crippen molar-refractivity contribution >= 4 is 11.9 Å². The first-order valence-electron chi connectivity index (χ1n) is 6.21. The van der Waals surface area contributed by atoms with Gasteiger partial charge in [0.15, 0.2) is 6.61 Å². The second-order valence-electron chi connectivity index (χ2n) is 3.09. The van der Waals surface area contributed by atoms with Crippen LogP contribution in [-0.2, 0) is 71.0 Å². The summed E-state index contributed by atoms with van der Waals surface area (Å²) in [5.41, 5.74) is 0.209. The molecule has 0 aliphatic heterocycles. The van der Waals surface area contributed by atoms with Gasteiger partial charge in [-0.2, -0.15) is 0 Å². The first kappa shape index (κ1) is 51.1. The SMILES string of the molecule is CC#CCOC(=O)c1ccccc1OC(C)=O.[C-]#[O+].[C-]#[O+].[C-]#[O+].[C-]#[O+].[C-]#[O+].[C-]#[O+].[Co+3].[Co+3]. The molecule has 0 spiro atoms. The summed E-state index contributed by atoms with van der Waals surface area (Å²) in [4.78, 5) is 22.5. The van der Waals surface area contributed by atoms with Crippen molar-refractivity contribution in [3.63, 3.8) is 0 Å². The Bertz CT molecular complexity index is 688. The minimum atomic E-state index is -0.565. The summed E-state index contributed by atoms with van der Waals surface area (Å²) in [6.45, 7) is 29.9. The number of benzene rings is 1. The summed E-state index contributed by atoms with van der Waals surface area (Å²) < 4.78 is 54.8. The maximum atomic E-state index is 11.6. The van der Waals surface area contributed by atoms with Crippen molar-refractivity contribution in [2.75, 3.05) is 6.61 Å². The van der Waals surface area contributed by atoms with Crippen LogP contribution in [0.1, 0.15) is 24.2 Å². The topological polar surface area (TPSA) is 172 Å². The van der Waals surface area contributed by atoms with Crippen LogP contribution in [0, 0.1) is 51.7 Å². The van der Waals surface area contributed by atoms with Gasteiger partial charge in [0.05, 0.1) is 0 Å². The van der Waals surface area contributed by atoms with Gasteiger partial charge in [-0.15, -0.1) is 5.92 Å². The molecule has 0 atom stereocenters. The molecule has 1 aromatic rings. The quantitative estimate of drug-likeness (QED) is 0.194. The van der Waals surface area contributed by atoms with Crippen LogP contribution in [0.5, 0.6) is 5.75 Å². The van der Waals surface area contributed by atoms with Crippen molar-refractivity contribution in [2.45, 2.75) is 13.8 Å². The molecule has 0 saturated heterocycles. The summed E-state index contributed by atoms with van der Waals surface area (Å²) in [5, 5.41) is 0. The second kappa shape index (κ2) is 56.4. The van der Waals surface area contributed by atoms with Crippen LogP contribution in [-0.4, -0.2) is 18.5 Å². The predicted molar refractivity (Wildman–Crippen MR) is 85.1 cm³/mol. The molecular formula is C19H12Co2O10+6. The Labute approximate surface area is 200 Å². The molecule has 0 radical (unpaired) electrons. The molecule has 0 bridgehead atoms. The molecule has 1 rings (SSSR count). The van der Waals surface area contributed by atoms with Gasteiger partial charge in [-0.25, -0.2) is 4.79 Å². The van der Waals surface area contributed by atoms with Crippen LogP contribution >= 0.6 is 0 Å². The standard InChI is InChI=1S/C13H12O4.6CO.2Co/c1-3-4-9-16-13(15)11-7-5-6-8-12(11)17-10(2)14;6*1-2;;/h5-8H,9H2,1-2H3;;;;;;;;/q;;;;;;;2*+3. The Kier molecular flexibility index (Phi) is 92.9. The normalized spacial score (nSPS) is 5.23. The van der Waals surface area contributed by atoms with E-state index in [1.165, 1.54) is 19.1 Å². The van der Waals surface area contributed by atoms with E-state index in [1.54, 1.807) is 19.1 Å². The fourth-order valence-corrected chi connectivity index (χ4v) is 1.13. The van der Waals surface area contributed by atoms with E-state index in [4.69, 9.17) is 37.4 Å². The monoisotopic (exact) mass is 518 g/mol. The molecule has 160 valence electrons. The van der Waals surface area contributed by atoms with E-state index < -0.39 is 11.9 Å².